The van der Waals surface area contributed by atoms with Crippen LogP contribution < -0.4 is 9.30 Å². The van der Waals surface area contributed by atoms with Crippen LogP contribution in [0.3, 0.4) is 0 Å². The minimum atomic E-state index is 0.909. The summed E-state index contributed by atoms with van der Waals surface area (Å²) in [6.45, 7) is 3.14. The maximum atomic E-state index is 5.17. The number of methoxy groups -OCH3 is 1. The molecule has 0 saturated carbocycles. The molecule has 0 aliphatic rings. The van der Waals surface area contributed by atoms with Crippen LogP contribution in [0.1, 0.15) is 6.92 Å². The maximum Gasteiger partial charge on any atom is 0.176 e. The van der Waals surface area contributed by atoms with Crippen LogP contribution in [-0.4, -0.2) is 7.11 Å². The lowest BCUT2D eigenvalue weighted by atomic mass is 10.2. The smallest absolute Gasteiger partial charge is 0.176 e. The van der Waals surface area contributed by atoms with Crippen LogP contribution in [0.15, 0.2) is 36.7 Å². The number of nitrogens with zero attached hydrogens (tertiary/aromatic N) is 1. The zero-order valence-electron chi connectivity index (χ0n) is 8.53. The fraction of sp³-hybridized carbons (Fsp3) is 0.250. The first-order valence-corrected chi connectivity index (χ1v) is 4.80. The van der Waals surface area contributed by atoms with E-state index < -0.39 is 0 Å². The Labute approximate surface area is 83.8 Å². The van der Waals surface area contributed by atoms with Crippen LogP contribution in [0.25, 0.3) is 10.8 Å². The van der Waals surface area contributed by atoms with Gasteiger partial charge in [-0.2, -0.15) is 0 Å². The zero-order chi connectivity index (χ0) is 9.97. The topological polar surface area (TPSA) is 13.1 Å². The number of fused-ring (bicyclic) bond motifs is 1. The van der Waals surface area contributed by atoms with Gasteiger partial charge in [-0.25, -0.2) is 4.57 Å². The van der Waals surface area contributed by atoms with Crippen LogP contribution in [0, 0.1) is 0 Å². The van der Waals surface area contributed by atoms with Crippen molar-refractivity contribution in [2.24, 2.45) is 0 Å². The second kappa shape index (κ2) is 3.66. The van der Waals surface area contributed by atoms with E-state index in [1.165, 1.54) is 10.8 Å². The number of rotatable bonds is 2. The Morgan fingerprint density at radius 1 is 1.21 bits per heavy atom. The molecule has 0 radical (unpaired) electrons. The van der Waals surface area contributed by atoms with Gasteiger partial charge >= 0.3 is 0 Å². The second-order valence-electron chi connectivity index (χ2n) is 3.27. The molecule has 0 aliphatic carbocycles. The maximum absolute atomic E-state index is 5.17. The van der Waals surface area contributed by atoms with Crippen molar-refractivity contribution in [2.75, 3.05) is 7.11 Å². The molecule has 1 aromatic heterocycles. The van der Waals surface area contributed by atoms with Crippen molar-refractivity contribution >= 4 is 10.8 Å². The van der Waals surface area contributed by atoms with E-state index in [1.54, 1.807) is 7.11 Å². The Bertz CT molecular complexity index is 408. The third-order valence-electron chi connectivity index (χ3n) is 2.41. The Morgan fingerprint density at radius 3 is 2.79 bits per heavy atom. The molecule has 0 unspecified atom stereocenters. The molecule has 0 spiro atoms. The fourth-order valence-electron chi connectivity index (χ4n) is 1.54. The van der Waals surface area contributed by atoms with Crippen molar-refractivity contribution in [3.8, 4) is 5.75 Å². The van der Waals surface area contributed by atoms with Crippen LogP contribution in [0.2, 0.25) is 0 Å². The van der Waals surface area contributed by atoms with Crippen molar-refractivity contribution < 1.29 is 9.30 Å². The molecule has 0 bridgehead atoms. The van der Waals surface area contributed by atoms with Gasteiger partial charge in [0.05, 0.1) is 7.11 Å². The van der Waals surface area contributed by atoms with Gasteiger partial charge in [-0.15, -0.1) is 0 Å². The van der Waals surface area contributed by atoms with Crippen LogP contribution >= 0.6 is 0 Å². The van der Waals surface area contributed by atoms with Gasteiger partial charge in [-0.1, -0.05) is 0 Å². The molecule has 2 nitrogen and oxygen atoms in total. The highest BCUT2D eigenvalue weighted by molar-refractivity contribution is 5.82. The van der Waals surface area contributed by atoms with Crippen LogP contribution in [-0.2, 0) is 6.54 Å². The number of benzene rings is 1. The standard InChI is InChI=1S/C12H14NO/c1-3-13-7-6-10-8-12(14-2)5-4-11(10)9-13/h4-9H,3H2,1-2H3/q+1. The van der Waals surface area contributed by atoms with E-state index in [0.29, 0.717) is 0 Å². The molecule has 0 fully saturated rings. The first-order chi connectivity index (χ1) is 6.83. The monoisotopic (exact) mass is 188 g/mol. The first kappa shape index (κ1) is 9.00. The van der Waals surface area contributed by atoms with Crippen molar-refractivity contribution in [3.05, 3.63) is 36.7 Å². The molecule has 0 amide bonds. The Kier molecular flexibility index (Phi) is 2.35. The number of hydrogen-bond acceptors (Lipinski definition) is 1. The van der Waals surface area contributed by atoms with Gasteiger partial charge in [-0.05, 0) is 30.5 Å². The number of aryl methyl sites for hydroxylation is 1. The normalized spacial score (nSPS) is 10.4. The van der Waals surface area contributed by atoms with Crippen LogP contribution in [0.5, 0.6) is 5.75 Å². The molecule has 0 aliphatic heterocycles. The summed E-state index contributed by atoms with van der Waals surface area (Å²) in [6.07, 6.45) is 4.23. The number of aromatic nitrogens is 1. The molecule has 0 atom stereocenters. The van der Waals surface area contributed by atoms with Gasteiger partial charge in [0.25, 0.3) is 0 Å². The van der Waals surface area contributed by atoms with E-state index >= 15 is 0 Å². The highest BCUT2D eigenvalue weighted by Crippen LogP contribution is 2.18. The summed E-state index contributed by atoms with van der Waals surface area (Å²) in [7, 11) is 1.69. The van der Waals surface area contributed by atoms with Crippen molar-refractivity contribution in [2.45, 2.75) is 13.5 Å². The summed E-state index contributed by atoms with van der Waals surface area (Å²) in [5.41, 5.74) is 0. The summed E-state index contributed by atoms with van der Waals surface area (Å²) in [5, 5.41) is 2.46. The molecule has 0 N–H and O–H groups in total. The van der Waals surface area contributed by atoms with Gasteiger partial charge in [0.2, 0.25) is 0 Å². The fourth-order valence-corrected chi connectivity index (χ4v) is 1.54. The molecule has 2 heteroatoms. The molecule has 2 aromatic rings. The lowest BCUT2D eigenvalue weighted by Crippen LogP contribution is -2.30. The minimum Gasteiger partial charge on any atom is -0.497 e. The van der Waals surface area contributed by atoms with E-state index in [0.717, 1.165) is 12.3 Å². The third-order valence-corrected chi connectivity index (χ3v) is 2.41. The molecule has 2 rings (SSSR count). The molecule has 1 aromatic carbocycles. The van der Waals surface area contributed by atoms with Crippen molar-refractivity contribution in [1.29, 1.82) is 0 Å². The van der Waals surface area contributed by atoms with Gasteiger partial charge in [0.15, 0.2) is 12.4 Å². The van der Waals surface area contributed by atoms with E-state index in [2.05, 4.69) is 42.1 Å². The second-order valence-corrected chi connectivity index (χ2v) is 3.27. The lowest BCUT2D eigenvalue weighted by Gasteiger charge is -2.01. The Hall–Kier alpha value is -1.57. The van der Waals surface area contributed by atoms with Gasteiger partial charge in [0.1, 0.15) is 12.3 Å². The molecule has 72 valence electrons. The summed E-state index contributed by atoms with van der Waals surface area (Å²) >= 11 is 0. The summed E-state index contributed by atoms with van der Waals surface area (Å²) in [5.74, 6) is 0.909. The highest BCUT2D eigenvalue weighted by Gasteiger charge is 2.01. The molecule has 0 saturated heterocycles. The number of hydrogen-bond donors (Lipinski definition) is 0. The van der Waals surface area contributed by atoms with Gasteiger partial charge < -0.3 is 4.74 Å². The predicted octanol–water partition coefficient (Wildman–Crippen LogP) is 2.16. The van der Waals surface area contributed by atoms with Crippen LogP contribution in [0.4, 0.5) is 0 Å². The van der Waals surface area contributed by atoms with Crippen molar-refractivity contribution in [1.82, 2.24) is 0 Å². The van der Waals surface area contributed by atoms with Gasteiger partial charge in [-0.3, -0.25) is 0 Å². The molecular formula is C12H14NO+. The largest absolute Gasteiger partial charge is 0.497 e. The Balaban J connectivity index is 2.57. The molecule has 1 heterocycles. The van der Waals surface area contributed by atoms with E-state index in [-0.39, 0.29) is 0 Å². The van der Waals surface area contributed by atoms with E-state index in [4.69, 9.17) is 4.74 Å². The van der Waals surface area contributed by atoms with E-state index in [9.17, 15) is 0 Å². The molecule has 14 heavy (non-hydrogen) atoms. The average molecular weight is 188 g/mol. The summed E-state index contributed by atoms with van der Waals surface area (Å²) in [4.78, 5) is 0. The highest BCUT2D eigenvalue weighted by atomic mass is 16.5. The number of ether oxygens (including phenoxy) is 1. The van der Waals surface area contributed by atoms with Gasteiger partial charge in [0, 0.05) is 11.5 Å². The summed E-state index contributed by atoms with van der Waals surface area (Å²) < 4.78 is 7.33. The minimum absolute atomic E-state index is 0.909. The van der Waals surface area contributed by atoms with Crippen molar-refractivity contribution in [3.63, 3.8) is 0 Å². The quantitative estimate of drug-likeness (QED) is 0.658. The summed E-state index contributed by atoms with van der Waals surface area (Å²) in [6, 6.07) is 8.24. The zero-order valence-corrected chi connectivity index (χ0v) is 8.53. The molecular weight excluding hydrogens is 174 g/mol. The van der Waals surface area contributed by atoms with E-state index in [1.807, 2.05) is 6.07 Å². The Morgan fingerprint density at radius 2 is 2.07 bits per heavy atom. The predicted molar refractivity (Wildman–Crippen MR) is 56.4 cm³/mol. The average Bonchev–Trinajstić information content (AvgIpc) is 2.27. The third kappa shape index (κ3) is 1.55. The lowest BCUT2D eigenvalue weighted by molar-refractivity contribution is -0.692. The first-order valence-electron chi connectivity index (χ1n) is 4.80. The SMILES string of the molecule is CC[n+]1ccc2cc(OC)ccc2c1. The number of pyridine rings is 1.